The Morgan fingerprint density at radius 1 is 1.00 bits per heavy atom. The van der Waals surface area contributed by atoms with Gasteiger partial charge in [-0.3, -0.25) is 0 Å². The number of hydrogen-bond acceptors (Lipinski definition) is 5. The average molecular weight is 417 g/mol. The number of nitrogens with zero attached hydrogens (tertiary/aromatic N) is 2. The fraction of sp³-hybridized carbons (Fsp3) is 0.429. The van der Waals surface area contributed by atoms with E-state index in [1.165, 1.54) is 25.7 Å². The summed E-state index contributed by atoms with van der Waals surface area (Å²) in [4.78, 5) is 19.1. The minimum atomic E-state index is -3.40. The highest BCUT2D eigenvalue weighted by Crippen LogP contribution is 2.18. The Bertz CT molecular complexity index is 895. The van der Waals surface area contributed by atoms with Gasteiger partial charge in [-0.1, -0.05) is 31.0 Å². The molecule has 0 radical (unpaired) electrons. The highest BCUT2D eigenvalue weighted by Gasteiger charge is 2.14. The molecule has 0 unspecified atom stereocenters. The van der Waals surface area contributed by atoms with Gasteiger partial charge in [0.2, 0.25) is 0 Å². The minimum Gasteiger partial charge on any atom is -0.357 e. The van der Waals surface area contributed by atoms with Crippen LogP contribution in [0, 0.1) is 0 Å². The molecule has 1 aromatic heterocycles. The van der Waals surface area contributed by atoms with Gasteiger partial charge in [-0.2, -0.15) is 0 Å². The number of benzene rings is 1. The molecule has 2 heterocycles. The summed E-state index contributed by atoms with van der Waals surface area (Å²) < 4.78 is 24.4. The predicted molar refractivity (Wildman–Crippen MR) is 114 cm³/mol. The van der Waals surface area contributed by atoms with Gasteiger partial charge in [-0.15, -0.1) is 0 Å². The molecule has 2 N–H and O–H groups in total. The first kappa shape index (κ1) is 21.1. The van der Waals surface area contributed by atoms with Gasteiger partial charge in [0.15, 0.2) is 9.84 Å². The summed E-state index contributed by atoms with van der Waals surface area (Å²) >= 11 is 0. The number of anilines is 1. The van der Waals surface area contributed by atoms with Gasteiger partial charge in [-0.05, 0) is 42.7 Å². The number of nitrogens with one attached hydrogen (secondary N) is 2. The van der Waals surface area contributed by atoms with Crippen LogP contribution in [0.2, 0.25) is 0 Å². The van der Waals surface area contributed by atoms with Crippen molar-refractivity contribution in [1.29, 1.82) is 0 Å². The van der Waals surface area contributed by atoms with Crippen LogP contribution in [-0.4, -0.2) is 44.8 Å². The van der Waals surface area contributed by atoms with Gasteiger partial charge >= 0.3 is 6.03 Å². The molecule has 3 rings (SSSR count). The second-order valence-electron chi connectivity index (χ2n) is 7.16. The molecule has 29 heavy (non-hydrogen) atoms. The number of pyridine rings is 1. The van der Waals surface area contributed by atoms with E-state index in [4.69, 9.17) is 0 Å². The van der Waals surface area contributed by atoms with Crippen LogP contribution in [0.4, 0.5) is 10.6 Å². The quantitative estimate of drug-likeness (QED) is 0.724. The molecule has 1 fully saturated rings. The standard InChI is InChI=1S/C21H28N4O3S/c26-21(23-12-15-29(27,28)19-8-4-3-5-9-19)24-17-18-10-11-22-20(16-18)25-13-6-1-2-7-14-25/h3-5,8-11,16H,1-2,6-7,12-15,17H2,(H2,23,24,26). The molecule has 0 aliphatic carbocycles. The molecule has 1 aliphatic heterocycles. The first-order chi connectivity index (χ1) is 14.0. The summed E-state index contributed by atoms with van der Waals surface area (Å²) in [6.45, 7) is 2.44. The minimum absolute atomic E-state index is 0.0540. The molecule has 8 heteroatoms. The van der Waals surface area contributed by atoms with E-state index < -0.39 is 9.84 Å². The molecule has 0 saturated carbocycles. The monoisotopic (exact) mass is 416 g/mol. The smallest absolute Gasteiger partial charge is 0.315 e. The third kappa shape index (κ3) is 6.45. The lowest BCUT2D eigenvalue weighted by Gasteiger charge is -2.21. The maximum atomic E-state index is 12.2. The van der Waals surface area contributed by atoms with Crippen LogP contribution in [0.15, 0.2) is 53.6 Å². The second kappa shape index (κ2) is 10.2. The molecule has 1 aromatic carbocycles. The van der Waals surface area contributed by atoms with Crippen LogP contribution in [0.3, 0.4) is 0 Å². The molecule has 1 saturated heterocycles. The Morgan fingerprint density at radius 2 is 1.72 bits per heavy atom. The number of rotatable bonds is 7. The van der Waals surface area contributed by atoms with Gasteiger partial charge in [0.1, 0.15) is 5.82 Å². The number of hydrogen-bond donors (Lipinski definition) is 2. The van der Waals surface area contributed by atoms with Crippen molar-refractivity contribution in [1.82, 2.24) is 15.6 Å². The third-order valence-electron chi connectivity index (χ3n) is 4.95. The van der Waals surface area contributed by atoms with Gasteiger partial charge in [0.25, 0.3) is 0 Å². The van der Waals surface area contributed by atoms with Gasteiger partial charge in [-0.25, -0.2) is 18.2 Å². The number of carbonyl (C=O) groups is 1. The van der Waals surface area contributed by atoms with Crippen LogP contribution in [0.5, 0.6) is 0 Å². The van der Waals surface area contributed by atoms with Crippen molar-refractivity contribution < 1.29 is 13.2 Å². The predicted octanol–water partition coefficient (Wildman–Crippen LogP) is 2.74. The summed E-state index contributed by atoms with van der Waals surface area (Å²) in [7, 11) is -3.40. The van der Waals surface area contributed by atoms with Gasteiger partial charge in [0, 0.05) is 32.4 Å². The van der Waals surface area contributed by atoms with E-state index in [2.05, 4.69) is 20.5 Å². The second-order valence-corrected chi connectivity index (χ2v) is 9.27. The summed E-state index contributed by atoms with van der Waals surface area (Å²) in [6.07, 6.45) is 6.65. The lowest BCUT2D eigenvalue weighted by molar-refractivity contribution is 0.241. The van der Waals surface area contributed by atoms with Crippen LogP contribution in [0.25, 0.3) is 0 Å². The Balaban J connectivity index is 1.45. The Hall–Kier alpha value is -2.61. The van der Waals surface area contributed by atoms with E-state index in [1.807, 2.05) is 12.1 Å². The molecular formula is C21H28N4O3S. The number of sulfone groups is 1. The molecular weight excluding hydrogens is 388 g/mol. The molecule has 2 amide bonds. The van der Waals surface area contributed by atoms with Crippen molar-refractivity contribution in [3.8, 4) is 0 Å². The van der Waals surface area contributed by atoms with E-state index in [-0.39, 0.29) is 23.2 Å². The number of aromatic nitrogens is 1. The van der Waals surface area contributed by atoms with Gasteiger partial charge in [0.05, 0.1) is 10.6 Å². The molecule has 2 aromatic rings. The van der Waals surface area contributed by atoms with Crippen LogP contribution in [0.1, 0.15) is 31.2 Å². The molecule has 0 atom stereocenters. The maximum absolute atomic E-state index is 12.2. The zero-order valence-corrected chi connectivity index (χ0v) is 17.3. The van der Waals surface area contributed by atoms with Crippen molar-refractivity contribution in [2.24, 2.45) is 0 Å². The van der Waals surface area contributed by atoms with Crippen LogP contribution >= 0.6 is 0 Å². The number of amides is 2. The van der Waals surface area contributed by atoms with Crippen LogP contribution < -0.4 is 15.5 Å². The Morgan fingerprint density at radius 3 is 2.45 bits per heavy atom. The third-order valence-corrected chi connectivity index (χ3v) is 6.68. The largest absolute Gasteiger partial charge is 0.357 e. The van der Waals surface area contributed by atoms with E-state index in [0.29, 0.717) is 6.54 Å². The average Bonchev–Trinajstić information content (AvgIpc) is 3.03. The Labute approximate surface area is 172 Å². The van der Waals surface area contributed by atoms with E-state index in [1.54, 1.807) is 36.5 Å². The van der Waals surface area contributed by atoms with Crippen molar-refractivity contribution in [2.75, 3.05) is 30.3 Å². The lowest BCUT2D eigenvalue weighted by Crippen LogP contribution is -2.37. The summed E-state index contributed by atoms with van der Waals surface area (Å²) in [5, 5.41) is 5.39. The van der Waals surface area contributed by atoms with Crippen molar-refractivity contribution in [3.05, 3.63) is 54.2 Å². The fourth-order valence-electron chi connectivity index (χ4n) is 3.33. The topological polar surface area (TPSA) is 91.4 Å². The molecule has 156 valence electrons. The lowest BCUT2D eigenvalue weighted by atomic mass is 10.2. The summed E-state index contributed by atoms with van der Waals surface area (Å²) in [6, 6.07) is 11.7. The molecule has 0 spiro atoms. The zero-order valence-electron chi connectivity index (χ0n) is 16.5. The highest BCUT2D eigenvalue weighted by molar-refractivity contribution is 7.91. The number of urea groups is 1. The normalized spacial score (nSPS) is 14.8. The van der Waals surface area contributed by atoms with Crippen molar-refractivity contribution >= 4 is 21.7 Å². The summed E-state index contributed by atoms with van der Waals surface area (Å²) in [5.41, 5.74) is 0.964. The first-order valence-electron chi connectivity index (χ1n) is 10.0. The zero-order chi connectivity index (χ0) is 20.5. The Kier molecular flexibility index (Phi) is 7.46. The first-order valence-corrected chi connectivity index (χ1v) is 11.7. The molecule has 0 bridgehead atoms. The van der Waals surface area contributed by atoms with E-state index in [9.17, 15) is 13.2 Å². The van der Waals surface area contributed by atoms with Crippen molar-refractivity contribution in [2.45, 2.75) is 37.1 Å². The number of carbonyl (C=O) groups excluding carboxylic acids is 1. The van der Waals surface area contributed by atoms with Crippen LogP contribution in [-0.2, 0) is 16.4 Å². The van der Waals surface area contributed by atoms with Gasteiger partial charge < -0.3 is 15.5 Å². The maximum Gasteiger partial charge on any atom is 0.315 e. The van der Waals surface area contributed by atoms with E-state index >= 15 is 0 Å². The highest BCUT2D eigenvalue weighted by atomic mass is 32.2. The van der Waals surface area contributed by atoms with E-state index in [0.717, 1.165) is 24.5 Å². The summed E-state index contributed by atoms with van der Waals surface area (Å²) in [5.74, 6) is 0.805. The van der Waals surface area contributed by atoms with Crippen molar-refractivity contribution in [3.63, 3.8) is 0 Å². The molecule has 1 aliphatic rings. The fourth-order valence-corrected chi connectivity index (χ4v) is 4.51. The molecule has 7 nitrogen and oxygen atoms in total. The SMILES string of the molecule is O=C(NCCS(=O)(=O)c1ccccc1)NCc1ccnc(N2CCCCCC2)c1.